The van der Waals surface area contributed by atoms with Crippen LogP contribution in [0.2, 0.25) is 0 Å². The standard InChI is InChI=1S/C19H16BrN3O2/c1-2-25-19(24)17-14-9-7-12-6-8-13(20)11-15(12)18(14)23(22-17)16-5-3-4-10-21-16/h3-6,8,10-11H,2,7,9H2,1H3. The number of ether oxygens (including phenoxy) is 1. The van der Waals surface area contributed by atoms with Crippen molar-refractivity contribution in [2.45, 2.75) is 19.8 Å². The topological polar surface area (TPSA) is 57.0 Å². The zero-order valence-electron chi connectivity index (χ0n) is 13.7. The molecule has 0 fully saturated rings. The Bertz CT molecular complexity index is 951. The number of esters is 1. The first-order valence-electron chi connectivity index (χ1n) is 8.18. The van der Waals surface area contributed by atoms with Gasteiger partial charge in [-0.2, -0.15) is 5.10 Å². The molecular weight excluding hydrogens is 382 g/mol. The number of aromatic nitrogens is 3. The van der Waals surface area contributed by atoms with Crippen molar-refractivity contribution in [1.29, 1.82) is 0 Å². The highest BCUT2D eigenvalue weighted by Crippen LogP contribution is 2.38. The third-order valence-corrected chi connectivity index (χ3v) is 4.78. The van der Waals surface area contributed by atoms with E-state index >= 15 is 0 Å². The van der Waals surface area contributed by atoms with Crippen molar-refractivity contribution in [3.63, 3.8) is 0 Å². The molecule has 1 aliphatic rings. The summed E-state index contributed by atoms with van der Waals surface area (Å²) in [5.74, 6) is 0.300. The van der Waals surface area contributed by atoms with E-state index < -0.39 is 0 Å². The van der Waals surface area contributed by atoms with Gasteiger partial charge < -0.3 is 4.74 Å². The molecule has 0 saturated heterocycles. The van der Waals surface area contributed by atoms with E-state index in [2.05, 4.69) is 38.1 Å². The van der Waals surface area contributed by atoms with E-state index in [-0.39, 0.29) is 5.97 Å². The molecule has 5 nitrogen and oxygen atoms in total. The molecule has 25 heavy (non-hydrogen) atoms. The van der Waals surface area contributed by atoms with Gasteiger partial charge in [0.1, 0.15) is 0 Å². The number of fused-ring (bicyclic) bond motifs is 3. The van der Waals surface area contributed by atoms with Crippen LogP contribution in [0.5, 0.6) is 0 Å². The number of carbonyl (C=O) groups is 1. The molecule has 0 unspecified atom stereocenters. The Morgan fingerprint density at radius 1 is 1.28 bits per heavy atom. The van der Waals surface area contributed by atoms with Crippen LogP contribution in [0.25, 0.3) is 17.1 Å². The molecule has 2 aromatic heterocycles. The monoisotopic (exact) mass is 397 g/mol. The fourth-order valence-electron chi connectivity index (χ4n) is 3.22. The van der Waals surface area contributed by atoms with Gasteiger partial charge in [-0.3, -0.25) is 0 Å². The fraction of sp³-hybridized carbons (Fsp3) is 0.211. The maximum atomic E-state index is 12.4. The van der Waals surface area contributed by atoms with Crippen molar-refractivity contribution in [3.05, 3.63) is 63.9 Å². The van der Waals surface area contributed by atoms with Crippen LogP contribution in [0.1, 0.15) is 28.5 Å². The molecule has 1 aromatic carbocycles. The van der Waals surface area contributed by atoms with E-state index in [1.165, 1.54) is 5.56 Å². The Morgan fingerprint density at radius 2 is 2.16 bits per heavy atom. The average Bonchev–Trinajstić information content (AvgIpc) is 3.03. The smallest absolute Gasteiger partial charge is 0.359 e. The van der Waals surface area contributed by atoms with Gasteiger partial charge >= 0.3 is 5.97 Å². The molecule has 0 saturated carbocycles. The van der Waals surface area contributed by atoms with Gasteiger partial charge in [-0.1, -0.05) is 28.1 Å². The summed E-state index contributed by atoms with van der Waals surface area (Å²) in [5, 5.41) is 4.57. The van der Waals surface area contributed by atoms with Crippen LogP contribution < -0.4 is 0 Å². The third kappa shape index (κ3) is 2.76. The van der Waals surface area contributed by atoms with E-state index in [0.717, 1.165) is 34.1 Å². The molecule has 0 aliphatic heterocycles. The molecule has 1 aliphatic carbocycles. The van der Waals surface area contributed by atoms with E-state index in [1.54, 1.807) is 17.8 Å². The van der Waals surface area contributed by atoms with Crippen molar-refractivity contribution in [2.24, 2.45) is 0 Å². The second kappa shape index (κ2) is 6.44. The minimum atomic E-state index is -0.383. The summed E-state index contributed by atoms with van der Waals surface area (Å²) in [6.07, 6.45) is 3.35. The maximum Gasteiger partial charge on any atom is 0.359 e. The quantitative estimate of drug-likeness (QED) is 0.627. The maximum absolute atomic E-state index is 12.4. The van der Waals surface area contributed by atoms with E-state index in [0.29, 0.717) is 18.1 Å². The van der Waals surface area contributed by atoms with Crippen LogP contribution in [0.4, 0.5) is 0 Å². The summed E-state index contributed by atoms with van der Waals surface area (Å²) in [6.45, 7) is 2.12. The first kappa shape index (κ1) is 16.0. The number of pyridine rings is 1. The van der Waals surface area contributed by atoms with Crippen LogP contribution in [-0.2, 0) is 17.6 Å². The number of benzene rings is 1. The highest BCUT2D eigenvalue weighted by Gasteiger charge is 2.29. The van der Waals surface area contributed by atoms with Crippen molar-refractivity contribution in [3.8, 4) is 17.1 Å². The lowest BCUT2D eigenvalue weighted by molar-refractivity contribution is 0.0517. The second-order valence-corrected chi connectivity index (χ2v) is 6.71. The lowest BCUT2D eigenvalue weighted by Gasteiger charge is -2.18. The molecule has 0 spiro atoms. The SMILES string of the molecule is CCOC(=O)c1nn(-c2ccccn2)c2c1CCc1ccc(Br)cc1-2. The zero-order chi connectivity index (χ0) is 17.4. The molecular formula is C19H16BrN3O2. The Balaban J connectivity index is 1.98. The summed E-state index contributed by atoms with van der Waals surface area (Å²) in [6, 6.07) is 11.9. The largest absolute Gasteiger partial charge is 0.461 e. The van der Waals surface area contributed by atoms with Gasteiger partial charge in [0.25, 0.3) is 0 Å². The Labute approximate surface area is 153 Å². The Kier molecular flexibility index (Phi) is 4.13. The molecule has 0 bridgehead atoms. The number of aryl methyl sites for hydroxylation is 1. The first-order valence-corrected chi connectivity index (χ1v) is 8.97. The molecule has 4 rings (SSSR count). The normalized spacial score (nSPS) is 12.4. The summed E-state index contributed by atoms with van der Waals surface area (Å²) in [4.78, 5) is 16.8. The molecule has 0 amide bonds. The lowest BCUT2D eigenvalue weighted by Crippen LogP contribution is -2.10. The zero-order valence-corrected chi connectivity index (χ0v) is 15.3. The van der Waals surface area contributed by atoms with E-state index in [4.69, 9.17) is 4.74 Å². The fourth-order valence-corrected chi connectivity index (χ4v) is 3.58. The lowest BCUT2D eigenvalue weighted by atomic mass is 9.89. The second-order valence-electron chi connectivity index (χ2n) is 5.80. The van der Waals surface area contributed by atoms with Gasteiger partial charge in [0, 0.05) is 21.8 Å². The molecule has 0 atom stereocenters. The summed E-state index contributed by atoms with van der Waals surface area (Å²) < 4.78 is 7.96. The van der Waals surface area contributed by atoms with Crippen molar-refractivity contribution in [2.75, 3.05) is 6.61 Å². The molecule has 0 radical (unpaired) electrons. The highest BCUT2D eigenvalue weighted by molar-refractivity contribution is 9.10. The summed E-state index contributed by atoms with van der Waals surface area (Å²) in [5.41, 5.74) is 4.54. The number of carbonyl (C=O) groups excluding carboxylic acids is 1. The molecule has 6 heteroatoms. The summed E-state index contributed by atoms with van der Waals surface area (Å²) >= 11 is 3.55. The van der Waals surface area contributed by atoms with Crippen molar-refractivity contribution < 1.29 is 9.53 Å². The number of halogens is 1. The Morgan fingerprint density at radius 3 is 2.92 bits per heavy atom. The number of rotatable bonds is 3. The predicted octanol–water partition coefficient (Wildman–Crippen LogP) is 3.97. The average molecular weight is 398 g/mol. The van der Waals surface area contributed by atoms with Crippen molar-refractivity contribution in [1.82, 2.24) is 14.8 Å². The van der Waals surface area contributed by atoms with Gasteiger partial charge in [-0.05, 0) is 49.6 Å². The van der Waals surface area contributed by atoms with E-state index in [9.17, 15) is 4.79 Å². The predicted molar refractivity (Wildman–Crippen MR) is 97.9 cm³/mol. The van der Waals surface area contributed by atoms with Crippen LogP contribution in [0.15, 0.2) is 47.1 Å². The molecule has 126 valence electrons. The van der Waals surface area contributed by atoms with Crippen LogP contribution >= 0.6 is 15.9 Å². The van der Waals surface area contributed by atoms with Crippen LogP contribution in [0, 0.1) is 0 Å². The van der Waals surface area contributed by atoms with Gasteiger partial charge in [0.05, 0.1) is 12.3 Å². The summed E-state index contributed by atoms with van der Waals surface area (Å²) in [7, 11) is 0. The molecule has 0 N–H and O–H groups in total. The number of hydrogen-bond acceptors (Lipinski definition) is 4. The van der Waals surface area contributed by atoms with Gasteiger partial charge in [-0.25, -0.2) is 14.5 Å². The number of hydrogen-bond donors (Lipinski definition) is 0. The van der Waals surface area contributed by atoms with Crippen LogP contribution in [-0.4, -0.2) is 27.3 Å². The Hall–Kier alpha value is -2.47. The third-order valence-electron chi connectivity index (χ3n) is 4.29. The first-order chi connectivity index (χ1) is 12.2. The van der Waals surface area contributed by atoms with Gasteiger partial charge in [-0.15, -0.1) is 0 Å². The van der Waals surface area contributed by atoms with E-state index in [1.807, 2.05) is 24.3 Å². The minimum Gasteiger partial charge on any atom is -0.461 e. The molecule has 2 heterocycles. The van der Waals surface area contributed by atoms with Crippen LogP contribution in [0.3, 0.4) is 0 Å². The number of nitrogens with zero attached hydrogens (tertiary/aromatic N) is 3. The van der Waals surface area contributed by atoms with Gasteiger partial charge in [0.15, 0.2) is 11.5 Å². The van der Waals surface area contributed by atoms with Crippen molar-refractivity contribution >= 4 is 21.9 Å². The minimum absolute atomic E-state index is 0.326. The highest BCUT2D eigenvalue weighted by atomic mass is 79.9. The van der Waals surface area contributed by atoms with Gasteiger partial charge in [0.2, 0.25) is 0 Å². The molecule has 3 aromatic rings.